The summed E-state index contributed by atoms with van der Waals surface area (Å²) in [4.78, 5) is 0. The van der Waals surface area contributed by atoms with Crippen molar-refractivity contribution in [1.29, 1.82) is 0 Å². The fourth-order valence-corrected chi connectivity index (χ4v) is 1.61. The van der Waals surface area contributed by atoms with Crippen LogP contribution < -0.4 is 29.6 Å². The summed E-state index contributed by atoms with van der Waals surface area (Å²) in [5.74, 6) is -0.509. The zero-order valence-corrected chi connectivity index (χ0v) is 13.6. The molecule has 0 heterocycles. The molecule has 1 aromatic rings. The van der Waals surface area contributed by atoms with Crippen LogP contribution in [0.3, 0.4) is 0 Å². The number of benzene rings is 1. The molecule has 0 saturated carbocycles. The molecule has 9 heteroatoms. The van der Waals surface area contributed by atoms with Crippen molar-refractivity contribution in [2.24, 2.45) is 10.3 Å². The molecule has 0 radical (unpaired) electrons. The van der Waals surface area contributed by atoms with Crippen LogP contribution in [0.4, 0.5) is 5.69 Å². The van der Waals surface area contributed by atoms with Crippen LogP contribution in [0.25, 0.3) is 0 Å². The second kappa shape index (κ2) is 8.08. The van der Waals surface area contributed by atoms with Gasteiger partial charge in [-0.3, -0.25) is 5.01 Å². The predicted octanol–water partition coefficient (Wildman–Crippen LogP) is -1.18. The maximum Gasteiger partial charge on any atom is 1.00 e. The van der Waals surface area contributed by atoms with Gasteiger partial charge >= 0.3 is 29.6 Å². The normalized spacial score (nSPS) is 11.3. The van der Waals surface area contributed by atoms with Crippen molar-refractivity contribution >= 4 is 27.4 Å². The van der Waals surface area contributed by atoms with Gasteiger partial charge in [-0.25, -0.2) is 8.42 Å². The van der Waals surface area contributed by atoms with Gasteiger partial charge in [-0.05, 0) is 12.1 Å². The Hall–Kier alpha value is -0.180. The topological polar surface area (TPSA) is 85.2 Å². The van der Waals surface area contributed by atoms with Gasteiger partial charge in [0.1, 0.15) is 5.69 Å². The minimum absolute atomic E-state index is 0. The molecule has 0 unspecified atom stereocenters. The van der Waals surface area contributed by atoms with Gasteiger partial charge in [0.15, 0.2) is 0 Å². The van der Waals surface area contributed by atoms with Gasteiger partial charge in [-0.15, -0.1) is 5.11 Å². The third kappa shape index (κ3) is 7.30. The van der Waals surface area contributed by atoms with Crippen LogP contribution in [0.1, 0.15) is 0 Å². The molecule has 0 fully saturated rings. The third-order valence-electron chi connectivity index (χ3n) is 1.82. The molecule has 0 bridgehead atoms. The van der Waals surface area contributed by atoms with Crippen LogP contribution in [-0.2, 0) is 10.1 Å². The fourth-order valence-electron chi connectivity index (χ4n) is 0.946. The first kappa shape index (κ1) is 17.8. The number of hydrogen-bond acceptors (Lipinski definition) is 5. The minimum atomic E-state index is -4.23. The van der Waals surface area contributed by atoms with E-state index in [4.69, 9.17) is 11.6 Å². The van der Waals surface area contributed by atoms with Crippen LogP contribution in [-0.4, -0.2) is 37.3 Å². The summed E-state index contributed by atoms with van der Waals surface area (Å²) >= 11 is 5.84. The summed E-state index contributed by atoms with van der Waals surface area (Å²) in [7, 11) is -2.71. The zero-order chi connectivity index (χ0) is 12.9. The molecule has 0 aliphatic heterocycles. The van der Waals surface area contributed by atoms with E-state index in [0.29, 0.717) is 10.7 Å². The van der Waals surface area contributed by atoms with E-state index >= 15 is 0 Å². The average Bonchev–Trinajstić information content (AvgIpc) is 2.24. The van der Waals surface area contributed by atoms with E-state index in [1.165, 1.54) is 12.1 Å². The number of nitrogens with zero attached hydrogens (tertiary/aromatic N) is 3. The van der Waals surface area contributed by atoms with E-state index in [2.05, 4.69) is 10.3 Å². The molecular weight excluding hydrogens is 289 g/mol. The van der Waals surface area contributed by atoms with Gasteiger partial charge in [-0.1, -0.05) is 29.0 Å². The molecule has 0 spiro atoms. The predicted molar refractivity (Wildman–Crippen MR) is 63.2 cm³/mol. The summed E-state index contributed by atoms with van der Waals surface area (Å²) in [5, 5.41) is 9.27. The second-order valence-electron chi connectivity index (χ2n) is 3.28. The van der Waals surface area contributed by atoms with Crippen LogP contribution in [0.2, 0.25) is 5.02 Å². The van der Waals surface area contributed by atoms with Crippen molar-refractivity contribution in [3.8, 4) is 0 Å². The summed E-state index contributed by atoms with van der Waals surface area (Å²) in [6.45, 7) is -0.0141. The van der Waals surface area contributed by atoms with E-state index < -0.39 is 15.9 Å². The number of hydrogen-bond donors (Lipinski definition) is 0. The van der Waals surface area contributed by atoms with Crippen molar-refractivity contribution < 1.29 is 42.5 Å². The first-order chi connectivity index (χ1) is 7.88. The molecule has 1 rings (SSSR count). The minimum Gasteiger partial charge on any atom is -0.748 e. The van der Waals surface area contributed by atoms with Gasteiger partial charge in [0, 0.05) is 7.05 Å². The summed E-state index contributed by atoms with van der Waals surface area (Å²) in [6.07, 6.45) is 0. The van der Waals surface area contributed by atoms with Gasteiger partial charge in [0.2, 0.25) is 0 Å². The summed E-state index contributed by atoms with van der Waals surface area (Å²) in [6, 6.07) is 6.85. The van der Waals surface area contributed by atoms with E-state index in [1.54, 1.807) is 24.3 Å². The maximum atomic E-state index is 10.4. The molecule has 0 aliphatic carbocycles. The fraction of sp³-hybridized carbons (Fsp3) is 0.333. The Labute approximate surface area is 133 Å². The Morgan fingerprint density at radius 3 is 2.56 bits per heavy atom. The molecule has 6 nitrogen and oxygen atoms in total. The van der Waals surface area contributed by atoms with Crippen molar-refractivity contribution in [2.75, 3.05) is 19.3 Å². The average molecular weight is 300 g/mol. The first-order valence-corrected chi connectivity index (χ1v) is 6.65. The molecule has 0 N–H and O–H groups in total. The molecule has 0 atom stereocenters. The quantitative estimate of drug-likeness (QED) is 0.296. The van der Waals surface area contributed by atoms with E-state index in [9.17, 15) is 13.0 Å². The van der Waals surface area contributed by atoms with Gasteiger partial charge in [0.05, 0.1) is 27.4 Å². The largest absolute Gasteiger partial charge is 1.00 e. The molecule has 0 saturated heterocycles. The van der Waals surface area contributed by atoms with Crippen LogP contribution in [0.5, 0.6) is 0 Å². The van der Waals surface area contributed by atoms with Gasteiger partial charge < -0.3 is 4.55 Å². The Kier molecular flexibility index (Phi) is 8.00. The molecule has 18 heavy (non-hydrogen) atoms. The SMILES string of the molecule is CN(CCS(=O)(=O)[O-])N=Nc1ccccc1Cl.[Na+]. The molecule has 1 aromatic carbocycles. The summed E-state index contributed by atoms with van der Waals surface area (Å²) < 4.78 is 31.2. The number of halogens is 1. The molecule has 0 amide bonds. The Morgan fingerprint density at radius 1 is 1.39 bits per heavy atom. The Balaban J connectivity index is 0.00000289. The monoisotopic (exact) mass is 299 g/mol. The van der Waals surface area contributed by atoms with Crippen LogP contribution >= 0.6 is 11.6 Å². The Bertz CT molecular complexity index is 510. The van der Waals surface area contributed by atoms with Crippen molar-refractivity contribution in [3.63, 3.8) is 0 Å². The molecule has 94 valence electrons. The standard InChI is InChI=1S/C9H12ClN3O3S.Na/c1-13(6-7-17(14,15)16)12-11-9-5-3-2-4-8(9)10;/h2-5H,6-7H2,1H3,(H,14,15,16);/q;+1/p-1. The number of rotatable bonds is 5. The van der Waals surface area contributed by atoms with E-state index in [1.807, 2.05) is 0 Å². The van der Waals surface area contributed by atoms with Crippen molar-refractivity contribution in [1.82, 2.24) is 5.01 Å². The van der Waals surface area contributed by atoms with Gasteiger partial charge in [-0.2, -0.15) is 0 Å². The molecule has 0 aromatic heterocycles. The van der Waals surface area contributed by atoms with Gasteiger partial charge in [0.25, 0.3) is 0 Å². The molecule has 0 aliphatic rings. The summed E-state index contributed by atoms with van der Waals surface area (Å²) in [5.41, 5.74) is 0.478. The van der Waals surface area contributed by atoms with Crippen LogP contribution in [0, 0.1) is 0 Å². The first-order valence-electron chi connectivity index (χ1n) is 4.69. The van der Waals surface area contributed by atoms with Crippen molar-refractivity contribution in [2.45, 2.75) is 0 Å². The second-order valence-corrected chi connectivity index (χ2v) is 5.21. The maximum absolute atomic E-state index is 10.4. The molecular formula is C9H11ClN3NaO3S. The third-order valence-corrected chi connectivity index (χ3v) is 2.82. The van der Waals surface area contributed by atoms with E-state index in [0.717, 1.165) is 0 Å². The zero-order valence-electron chi connectivity index (χ0n) is 10.1. The Morgan fingerprint density at radius 2 is 2.00 bits per heavy atom. The van der Waals surface area contributed by atoms with Crippen molar-refractivity contribution in [3.05, 3.63) is 29.3 Å². The van der Waals surface area contributed by atoms with E-state index in [-0.39, 0.29) is 36.1 Å². The smallest absolute Gasteiger partial charge is 0.748 e. The van der Waals surface area contributed by atoms with Crippen LogP contribution in [0.15, 0.2) is 34.6 Å².